The van der Waals surface area contributed by atoms with Crippen LogP contribution in [0.4, 0.5) is 5.69 Å². The molecule has 0 unspecified atom stereocenters. The number of methoxy groups -OCH3 is 1. The predicted octanol–water partition coefficient (Wildman–Crippen LogP) is 3.47. The lowest BCUT2D eigenvalue weighted by Crippen LogP contribution is -2.12. The number of fused-ring (bicyclic) bond motifs is 2. The summed E-state index contributed by atoms with van der Waals surface area (Å²) in [7, 11) is 1.57. The molecule has 0 fully saturated rings. The van der Waals surface area contributed by atoms with Gasteiger partial charge in [0.25, 0.3) is 5.91 Å². The van der Waals surface area contributed by atoms with Gasteiger partial charge in [0.2, 0.25) is 0 Å². The highest BCUT2D eigenvalue weighted by atomic mass is 32.1. The molecule has 5 aromatic rings. The Labute approximate surface area is 173 Å². The van der Waals surface area contributed by atoms with Gasteiger partial charge in [0.15, 0.2) is 5.65 Å². The number of H-pyrrole nitrogens is 1. The molecule has 9 nitrogen and oxygen atoms in total. The second-order valence-corrected chi connectivity index (χ2v) is 7.46. The molecule has 146 valence electrons. The first-order valence-electron chi connectivity index (χ1n) is 8.83. The van der Waals surface area contributed by atoms with E-state index in [1.807, 2.05) is 18.2 Å². The summed E-state index contributed by atoms with van der Waals surface area (Å²) < 4.78 is 8.02. The SMILES string of the molecule is COc1cc2sc(C#N)cc2cc1-c1[nH]ncc1NC(=O)c1cnn2cccnc12. The number of carbonyl (C=O) groups excluding carboxylic acids is 1. The zero-order valence-electron chi connectivity index (χ0n) is 15.6. The number of aromatic amines is 1. The molecular formula is C20H13N7O2S. The Balaban J connectivity index is 1.55. The average Bonchev–Trinajstić information content (AvgIpc) is 3.49. The van der Waals surface area contributed by atoms with Crippen molar-refractivity contribution < 1.29 is 9.53 Å². The summed E-state index contributed by atoms with van der Waals surface area (Å²) in [4.78, 5) is 17.7. The van der Waals surface area contributed by atoms with Crippen LogP contribution in [0, 0.1) is 11.3 Å². The second kappa shape index (κ2) is 6.98. The van der Waals surface area contributed by atoms with Gasteiger partial charge in [0.1, 0.15) is 22.3 Å². The van der Waals surface area contributed by atoms with Crippen molar-refractivity contribution in [2.45, 2.75) is 0 Å². The van der Waals surface area contributed by atoms with E-state index in [1.165, 1.54) is 28.2 Å². The summed E-state index contributed by atoms with van der Waals surface area (Å²) in [5, 5.41) is 24.1. The first-order valence-corrected chi connectivity index (χ1v) is 9.64. The minimum Gasteiger partial charge on any atom is -0.496 e. The van der Waals surface area contributed by atoms with Gasteiger partial charge in [-0.3, -0.25) is 9.89 Å². The van der Waals surface area contributed by atoms with E-state index >= 15 is 0 Å². The molecule has 10 heteroatoms. The standard InChI is InChI=1S/C20H13N7O2S/c1-29-16-7-17-11(5-12(8-21)30-17)6-13(16)18-15(10-23-26-18)25-20(28)14-9-24-27-4-2-3-22-19(14)27/h2-7,9-10H,1H3,(H,23,26)(H,25,28). The predicted molar refractivity (Wildman–Crippen MR) is 112 cm³/mol. The van der Waals surface area contributed by atoms with Crippen molar-refractivity contribution in [3.05, 3.63) is 59.5 Å². The highest BCUT2D eigenvalue weighted by Crippen LogP contribution is 2.39. The molecule has 1 amide bonds. The number of amides is 1. The quantitative estimate of drug-likeness (QED) is 0.464. The molecule has 0 aliphatic rings. The number of nitrogens with zero attached hydrogens (tertiary/aromatic N) is 5. The van der Waals surface area contributed by atoms with Crippen LogP contribution in [0.1, 0.15) is 15.2 Å². The van der Waals surface area contributed by atoms with Crippen LogP contribution >= 0.6 is 11.3 Å². The number of hydrogen-bond acceptors (Lipinski definition) is 7. The molecule has 0 radical (unpaired) electrons. The van der Waals surface area contributed by atoms with Gasteiger partial charge in [0.05, 0.1) is 30.9 Å². The van der Waals surface area contributed by atoms with E-state index in [1.54, 1.807) is 25.6 Å². The third kappa shape index (κ3) is 2.85. The molecule has 0 atom stereocenters. The lowest BCUT2D eigenvalue weighted by atomic mass is 10.1. The molecule has 2 N–H and O–H groups in total. The number of anilines is 1. The third-order valence-electron chi connectivity index (χ3n) is 4.63. The fraction of sp³-hybridized carbons (Fsp3) is 0.0500. The fourth-order valence-electron chi connectivity index (χ4n) is 3.25. The Hall–Kier alpha value is -4.23. The highest BCUT2D eigenvalue weighted by Gasteiger charge is 2.19. The van der Waals surface area contributed by atoms with Gasteiger partial charge in [-0.2, -0.15) is 15.5 Å². The maximum atomic E-state index is 12.9. The summed E-state index contributed by atoms with van der Waals surface area (Å²) >= 11 is 1.39. The molecule has 0 spiro atoms. The van der Waals surface area contributed by atoms with Crippen molar-refractivity contribution in [2.24, 2.45) is 0 Å². The zero-order valence-corrected chi connectivity index (χ0v) is 16.4. The summed E-state index contributed by atoms with van der Waals surface area (Å²) in [6.45, 7) is 0. The highest BCUT2D eigenvalue weighted by molar-refractivity contribution is 7.19. The monoisotopic (exact) mass is 415 g/mol. The van der Waals surface area contributed by atoms with Crippen LogP contribution in [0.2, 0.25) is 0 Å². The molecule has 30 heavy (non-hydrogen) atoms. The second-order valence-electron chi connectivity index (χ2n) is 6.37. The van der Waals surface area contributed by atoms with Gasteiger partial charge < -0.3 is 10.1 Å². The van der Waals surface area contributed by atoms with Crippen LogP contribution in [0.3, 0.4) is 0 Å². The molecule has 5 rings (SSSR count). The number of thiophene rings is 1. The van der Waals surface area contributed by atoms with Crippen LogP contribution in [0.15, 0.2) is 49.1 Å². The van der Waals surface area contributed by atoms with E-state index in [2.05, 4.69) is 31.7 Å². The number of hydrogen-bond donors (Lipinski definition) is 2. The molecule has 1 aromatic carbocycles. The van der Waals surface area contributed by atoms with Gasteiger partial charge in [-0.25, -0.2) is 9.50 Å². The molecule has 0 saturated carbocycles. The minimum atomic E-state index is -0.353. The third-order valence-corrected chi connectivity index (χ3v) is 5.63. The van der Waals surface area contributed by atoms with Crippen molar-refractivity contribution in [3.8, 4) is 23.1 Å². The molecule has 4 heterocycles. The largest absolute Gasteiger partial charge is 0.496 e. The van der Waals surface area contributed by atoms with Gasteiger partial charge in [-0.05, 0) is 29.7 Å². The molecule has 4 aromatic heterocycles. The molecule has 0 saturated heterocycles. The maximum Gasteiger partial charge on any atom is 0.261 e. The normalized spacial score (nSPS) is 10.9. The first-order chi connectivity index (χ1) is 14.7. The number of ether oxygens (including phenoxy) is 1. The summed E-state index contributed by atoms with van der Waals surface area (Å²) in [5.41, 5.74) is 2.61. The van der Waals surface area contributed by atoms with E-state index in [-0.39, 0.29) is 5.91 Å². The number of benzene rings is 1. The topological polar surface area (TPSA) is 121 Å². The summed E-state index contributed by atoms with van der Waals surface area (Å²) in [5.74, 6) is 0.250. The van der Waals surface area contributed by atoms with Crippen LogP contribution in [0.25, 0.3) is 27.0 Å². The summed E-state index contributed by atoms with van der Waals surface area (Å²) in [6.07, 6.45) is 6.33. The first kappa shape index (κ1) is 17.8. The van der Waals surface area contributed by atoms with Gasteiger partial charge in [-0.15, -0.1) is 11.3 Å². The molecule has 0 bridgehead atoms. The van der Waals surface area contributed by atoms with Crippen molar-refractivity contribution in [1.29, 1.82) is 5.26 Å². The zero-order chi connectivity index (χ0) is 20.7. The summed E-state index contributed by atoms with van der Waals surface area (Å²) in [6, 6.07) is 9.50. The average molecular weight is 415 g/mol. The fourth-order valence-corrected chi connectivity index (χ4v) is 4.12. The lowest BCUT2D eigenvalue weighted by molar-refractivity contribution is 0.102. The van der Waals surface area contributed by atoms with Crippen molar-refractivity contribution in [3.63, 3.8) is 0 Å². The smallest absolute Gasteiger partial charge is 0.261 e. The van der Waals surface area contributed by atoms with E-state index in [0.717, 1.165) is 15.6 Å². The van der Waals surface area contributed by atoms with Crippen LogP contribution < -0.4 is 10.1 Å². The van der Waals surface area contributed by atoms with E-state index in [0.29, 0.717) is 33.2 Å². The maximum absolute atomic E-state index is 12.9. The Morgan fingerprint density at radius 2 is 2.23 bits per heavy atom. The Morgan fingerprint density at radius 1 is 1.33 bits per heavy atom. The molecule has 0 aliphatic heterocycles. The van der Waals surface area contributed by atoms with E-state index < -0.39 is 0 Å². The van der Waals surface area contributed by atoms with Crippen LogP contribution in [0.5, 0.6) is 5.75 Å². The van der Waals surface area contributed by atoms with Crippen molar-refractivity contribution in [1.82, 2.24) is 24.8 Å². The number of nitrogens with one attached hydrogen (secondary N) is 2. The lowest BCUT2D eigenvalue weighted by Gasteiger charge is -2.10. The van der Waals surface area contributed by atoms with Gasteiger partial charge >= 0.3 is 0 Å². The van der Waals surface area contributed by atoms with E-state index in [9.17, 15) is 10.1 Å². The molecular weight excluding hydrogens is 402 g/mol. The Bertz CT molecular complexity index is 1460. The molecule has 0 aliphatic carbocycles. The minimum absolute atomic E-state index is 0.349. The number of aromatic nitrogens is 5. The van der Waals surface area contributed by atoms with E-state index in [4.69, 9.17) is 4.74 Å². The Morgan fingerprint density at radius 3 is 3.07 bits per heavy atom. The number of nitriles is 1. The van der Waals surface area contributed by atoms with Gasteiger partial charge in [-0.1, -0.05) is 0 Å². The van der Waals surface area contributed by atoms with Crippen molar-refractivity contribution in [2.75, 3.05) is 12.4 Å². The van der Waals surface area contributed by atoms with Crippen LogP contribution in [-0.4, -0.2) is 37.8 Å². The number of rotatable bonds is 4. The van der Waals surface area contributed by atoms with Gasteiger partial charge in [0, 0.05) is 22.7 Å². The number of carbonyl (C=O) groups is 1. The van der Waals surface area contributed by atoms with Crippen molar-refractivity contribution >= 4 is 38.7 Å². The van der Waals surface area contributed by atoms with Crippen LogP contribution in [-0.2, 0) is 0 Å². The Kier molecular flexibility index (Phi) is 4.15.